The Morgan fingerprint density at radius 2 is 1.69 bits per heavy atom. The summed E-state index contributed by atoms with van der Waals surface area (Å²) in [5, 5.41) is 20.1. The Balaban J connectivity index is 1.43. The Morgan fingerprint density at radius 3 is 2.39 bits per heavy atom. The minimum Gasteiger partial charge on any atom is -0.508 e. The Kier molecular flexibility index (Phi) is 6.67. The molecule has 2 aliphatic rings. The maximum atomic E-state index is 10.1. The van der Waals surface area contributed by atoms with Crippen molar-refractivity contribution in [2.24, 2.45) is 5.92 Å². The molecule has 2 aliphatic heterocycles. The number of allylic oxidation sites excluding steroid dienone is 1. The van der Waals surface area contributed by atoms with Crippen molar-refractivity contribution in [3.8, 4) is 23.0 Å². The lowest BCUT2D eigenvalue weighted by atomic mass is 9.84. The van der Waals surface area contributed by atoms with Gasteiger partial charge in [0.05, 0.1) is 0 Å². The van der Waals surface area contributed by atoms with Gasteiger partial charge in [0, 0.05) is 23.7 Å². The molecule has 5 rings (SSSR count). The summed E-state index contributed by atoms with van der Waals surface area (Å²) < 4.78 is 12.7. The molecule has 3 aromatic carbocycles. The smallest absolute Gasteiger partial charge is 0.150 e. The molecule has 2 N–H and O–H groups in total. The van der Waals surface area contributed by atoms with Crippen LogP contribution >= 0.6 is 0 Å². The van der Waals surface area contributed by atoms with Crippen molar-refractivity contribution in [2.75, 3.05) is 19.7 Å². The maximum Gasteiger partial charge on any atom is 0.150 e. The van der Waals surface area contributed by atoms with E-state index in [-0.39, 0.29) is 17.6 Å². The van der Waals surface area contributed by atoms with Crippen LogP contribution in [0.4, 0.5) is 0 Å². The van der Waals surface area contributed by atoms with Gasteiger partial charge in [-0.3, -0.25) is 4.90 Å². The summed E-state index contributed by atoms with van der Waals surface area (Å²) in [6.45, 7) is 11.6. The summed E-state index contributed by atoms with van der Waals surface area (Å²) in [4.78, 5) is 2.50. The van der Waals surface area contributed by atoms with E-state index in [9.17, 15) is 10.2 Å². The predicted octanol–water partition coefficient (Wildman–Crippen LogP) is 6.58. The van der Waals surface area contributed by atoms with Crippen LogP contribution < -0.4 is 9.47 Å². The van der Waals surface area contributed by atoms with E-state index in [1.807, 2.05) is 31.2 Å². The summed E-state index contributed by atoms with van der Waals surface area (Å²) in [6, 6.07) is 19.2. The molecule has 5 heteroatoms. The van der Waals surface area contributed by atoms with Crippen LogP contribution in [-0.2, 0) is 0 Å². The van der Waals surface area contributed by atoms with Gasteiger partial charge in [-0.05, 0) is 104 Å². The number of phenolic OH excluding ortho intramolecular Hbond substituents is 2. The summed E-state index contributed by atoms with van der Waals surface area (Å²) in [5.74, 6) is 2.79. The van der Waals surface area contributed by atoms with Crippen molar-refractivity contribution in [1.29, 1.82) is 0 Å². The zero-order valence-corrected chi connectivity index (χ0v) is 21.5. The molecule has 0 saturated carbocycles. The highest BCUT2D eigenvalue weighted by molar-refractivity contribution is 5.96. The first kappa shape index (κ1) is 24.3. The topological polar surface area (TPSA) is 62.2 Å². The van der Waals surface area contributed by atoms with Gasteiger partial charge in [-0.25, -0.2) is 0 Å². The van der Waals surface area contributed by atoms with Gasteiger partial charge in [0.15, 0.2) is 0 Å². The molecule has 0 bridgehead atoms. The lowest BCUT2D eigenvalue weighted by molar-refractivity contribution is 0.169. The number of aryl methyl sites for hydroxylation is 1. The number of likely N-dealkylation sites (tertiary alicyclic amines) is 1. The normalized spacial score (nSPS) is 20.7. The minimum absolute atomic E-state index is 0.205. The van der Waals surface area contributed by atoms with E-state index in [0.29, 0.717) is 12.6 Å². The molecule has 2 heterocycles. The second-order valence-corrected chi connectivity index (χ2v) is 10.3. The number of benzene rings is 3. The Bertz CT molecular complexity index is 1280. The quantitative estimate of drug-likeness (QED) is 0.413. The van der Waals surface area contributed by atoms with E-state index >= 15 is 0 Å². The van der Waals surface area contributed by atoms with Gasteiger partial charge in [-0.1, -0.05) is 25.1 Å². The van der Waals surface area contributed by atoms with Crippen LogP contribution in [0, 0.1) is 12.8 Å². The highest BCUT2D eigenvalue weighted by atomic mass is 16.5. The van der Waals surface area contributed by atoms with Crippen LogP contribution in [0.25, 0.3) is 11.1 Å². The van der Waals surface area contributed by atoms with Crippen molar-refractivity contribution < 1.29 is 19.7 Å². The number of hydrogen-bond acceptors (Lipinski definition) is 5. The zero-order valence-electron chi connectivity index (χ0n) is 21.5. The minimum atomic E-state index is -0.329. The Labute approximate surface area is 213 Å². The largest absolute Gasteiger partial charge is 0.508 e. The highest BCUT2D eigenvalue weighted by Crippen LogP contribution is 2.48. The SMILES string of the molecule is CC1=C(c2ccc(O)cc2C)C(c2ccc(OCC(C)N3CCC(C)C3)cc2)Oc2ccc(O)cc21. The number of aromatic hydroxyl groups is 2. The molecular formula is C31H35NO4. The average Bonchev–Trinajstić information content (AvgIpc) is 3.30. The molecule has 0 amide bonds. The fourth-order valence-corrected chi connectivity index (χ4v) is 5.40. The van der Waals surface area contributed by atoms with Crippen LogP contribution in [0.15, 0.2) is 60.7 Å². The van der Waals surface area contributed by atoms with E-state index < -0.39 is 0 Å². The molecule has 3 unspecified atom stereocenters. The van der Waals surface area contributed by atoms with Gasteiger partial charge in [0.2, 0.25) is 0 Å². The van der Waals surface area contributed by atoms with Gasteiger partial charge in [0.1, 0.15) is 35.7 Å². The van der Waals surface area contributed by atoms with Crippen LogP contribution in [0.3, 0.4) is 0 Å². The van der Waals surface area contributed by atoms with Crippen molar-refractivity contribution in [3.63, 3.8) is 0 Å². The summed E-state index contributed by atoms with van der Waals surface area (Å²) in [7, 11) is 0. The van der Waals surface area contributed by atoms with Crippen LogP contribution in [-0.4, -0.2) is 40.9 Å². The molecule has 0 aliphatic carbocycles. The van der Waals surface area contributed by atoms with E-state index in [1.54, 1.807) is 24.3 Å². The molecular weight excluding hydrogens is 450 g/mol. The van der Waals surface area contributed by atoms with Crippen molar-refractivity contribution in [1.82, 2.24) is 4.90 Å². The van der Waals surface area contributed by atoms with Gasteiger partial charge in [0.25, 0.3) is 0 Å². The number of nitrogens with zero attached hydrogens (tertiary/aromatic N) is 1. The van der Waals surface area contributed by atoms with Gasteiger partial charge in [-0.15, -0.1) is 0 Å². The molecule has 1 fully saturated rings. The summed E-state index contributed by atoms with van der Waals surface area (Å²) in [6.07, 6.45) is 0.934. The molecule has 36 heavy (non-hydrogen) atoms. The summed E-state index contributed by atoms with van der Waals surface area (Å²) in [5.41, 5.74) is 5.93. The molecule has 0 spiro atoms. The lowest BCUT2D eigenvalue weighted by Gasteiger charge is -2.32. The number of fused-ring (bicyclic) bond motifs is 1. The van der Waals surface area contributed by atoms with Crippen molar-refractivity contribution in [3.05, 3.63) is 82.9 Å². The first-order valence-electron chi connectivity index (χ1n) is 12.8. The van der Waals surface area contributed by atoms with E-state index in [1.165, 1.54) is 6.42 Å². The maximum absolute atomic E-state index is 10.1. The van der Waals surface area contributed by atoms with Gasteiger partial charge < -0.3 is 19.7 Å². The predicted molar refractivity (Wildman–Crippen MR) is 144 cm³/mol. The second kappa shape index (κ2) is 9.90. The molecule has 188 valence electrons. The van der Waals surface area contributed by atoms with Gasteiger partial charge >= 0.3 is 0 Å². The number of rotatable bonds is 6. The number of phenols is 2. The molecule has 0 aromatic heterocycles. The highest BCUT2D eigenvalue weighted by Gasteiger charge is 2.30. The first-order valence-corrected chi connectivity index (χ1v) is 12.8. The molecule has 3 atom stereocenters. The van der Waals surface area contributed by atoms with Crippen LogP contribution in [0.1, 0.15) is 55.5 Å². The lowest BCUT2D eigenvalue weighted by Crippen LogP contribution is -2.35. The first-order chi connectivity index (χ1) is 17.3. The zero-order chi connectivity index (χ0) is 25.4. The third-order valence-corrected chi connectivity index (χ3v) is 7.53. The number of hydrogen-bond donors (Lipinski definition) is 2. The Morgan fingerprint density at radius 1 is 0.972 bits per heavy atom. The molecule has 5 nitrogen and oxygen atoms in total. The molecule has 1 saturated heterocycles. The monoisotopic (exact) mass is 485 g/mol. The standard InChI is InChI=1S/C31H35NO4/c1-19-13-14-32(17-19)21(3)18-35-26-9-5-23(6-10-26)31-30(27-11-7-24(33)15-20(27)2)22(4)28-16-25(34)8-12-29(28)36-31/h5-12,15-16,19,21,31,33-34H,13-14,17-18H2,1-4H3. The average molecular weight is 486 g/mol. The van der Waals surface area contributed by atoms with E-state index in [0.717, 1.165) is 63.9 Å². The van der Waals surface area contributed by atoms with Crippen molar-refractivity contribution in [2.45, 2.75) is 46.3 Å². The third-order valence-electron chi connectivity index (χ3n) is 7.53. The Hall–Kier alpha value is -3.44. The fraction of sp³-hybridized carbons (Fsp3) is 0.355. The van der Waals surface area contributed by atoms with Crippen molar-refractivity contribution >= 4 is 11.1 Å². The third kappa shape index (κ3) is 4.80. The van der Waals surface area contributed by atoms with E-state index in [4.69, 9.17) is 9.47 Å². The molecule has 3 aromatic rings. The fourth-order valence-electron chi connectivity index (χ4n) is 5.40. The second-order valence-electron chi connectivity index (χ2n) is 10.3. The van der Waals surface area contributed by atoms with E-state index in [2.05, 4.69) is 37.8 Å². The number of ether oxygens (including phenoxy) is 2. The van der Waals surface area contributed by atoms with Gasteiger partial charge in [-0.2, -0.15) is 0 Å². The molecule has 0 radical (unpaired) electrons. The summed E-state index contributed by atoms with van der Waals surface area (Å²) >= 11 is 0. The van der Waals surface area contributed by atoms with Crippen LogP contribution in [0.2, 0.25) is 0 Å². The van der Waals surface area contributed by atoms with Crippen LogP contribution in [0.5, 0.6) is 23.0 Å².